The van der Waals surface area contributed by atoms with E-state index < -0.39 is 0 Å². The van der Waals surface area contributed by atoms with Crippen LogP contribution >= 0.6 is 0 Å². The molecule has 0 radical (unpaired) electrons. The summed E-state index contributed by atoms with van der Waals surface area (Å²) in [7, 11) is 0. The number of carbonyl (C=O) groups is 1. The quantitative estimate of drug-likeness (QED) is 0.741. The third-order valence-electron chi connectivity index (χ3n) is 6.33. The molecule has 4 nitrogen and oxygen atoms in total. The molecule has 5 unspecified atom stereocenters. The van der Waals surface area contributed by atoms with Crippen molar-refractivity contribution in [1.29, 1.82) is 0 Å². The fraction of sp³-hybridized carbons (Fsp3) is 0.947. The van der Waals surface area contributed by atoms with Gasteiger partial charge in [-0.05, 0) is 36.0 Å². The van der Waals surface area contributed by atoms with Crippen LogP contribution in [0.5, 0.6) is 0 Å². The van der Waals surface area contributed by atoms with E-state index in [2.05, 4.69) is 34.6 Å². The second-order valence-corrected chi connectivity index (χ2v) is 8.74. The Morgan fingerprint density at radius 2 is 1.83 bits per heavy atom. The van der Waals surface area contributed by atoms with Gasteiger partial charge in [-0.25, -0.2) is 0 Å². The second-order valence-electron chi connectivity index (χ2n) is 8.74. The van der Waals surface area contributed by atoms with Crippen molar-refractivity contribution in [2.24, 2.45) is 35.0 Å². The largest absolute Gasteiger partial charge is 0.462 e. The van der Waals surface area contributed by atoms with Gasteiger partial charge in [-0.3, -0.25) is 4.79 Å². The molecule has 0 aromatic rings. The average molecular weight is 324 g/mol. The molecule has 1 saturated heterocycles. The summed E-state index contributed by atoms with van der Waals surface area (Å²) in [6.07, 6.45) is 3.27. The normalized spacial score (nSPS) is 40.3. The molecule has 2 saturated carbocycles. The molecule has 0 aromatic carbocycles. The first-order chi connectivity index (χ1) is 10.8. The molecule has 3 aliphatic rings. The maximum atomic E-state index is 12.8. The van der Waals surface area contributed by atoms with Gasteiger partial charge in [0.05, 0.1) is 19.1 Å². The molecule has 2 aliphatic carbocycles. The van der Waals surface area contributed by atoms with Crippen molar-refractivity contribution in [3.05, 3.63) is 0 Å². The summed E-state index contributed by atoms with van der Waals surface area (Å²) in [4.78, 5) is 12.8. The van der Waals surface area contributed by atoms with Gasteiger partial charge in [-0.15, -0.1) is 0 Å². The van der Waals surface area contributed by atoms with Crippen molar-refractivity contribution in [1.82, 2.24) is 0 Å². The predicted octanol–water partition coefficient (Wildman–Crippen LogP) is 3.64. The van der Waals surface area contributed by atoms with Gasteiger partial charge in [0.1, 0.15) is 6.10 Å². The number of rotatable bonds is 4. The van der Waals surface area contributed by atoms with E-state index in [0.29, 0.717) is 31.0 Å². The Morgan fingerprint density at radius 3 is 2.43 bits per heavy atom. The molecule has 4 heteroatoms. The summed E-state index contributed by atoms with van der Waals surface area (Å²) in [6, 6.07) is 0. The van der Waals surface area contributed by atoms with E-state index in [1.165, 1.54) is 12.8 Å². The standard InChI is InChI=1S/C19H32O4/c1-11(2)13-7-6-12(3)10-14(13)23-17(20)15-16(19(15,4)5)18-21-8-9-22-18/h11-16,18H,6-10H2,1-5H3. The summed E-state index contributed by atoms with van der Waals surface area (Å²) < 4.78 is 17.3. The lowest BCUT2D eigenvalue weighted by Gasteiger charge is -2.36. The van der Waals surface area contributed by atoms with E-state index in [1.54, 1.807) is 0 Å². The molecule has 0 amide bonds. The number of carbonyl (C=O) groups excluding carboxylic acids is 1. The number of hydrogen-bond acceptors (Lipinski definition) is 4. The van der Waals surface area contributed by atoms with E-state index >= 15 is 0 Å². The Bertz CT molecular complexity index is 439. The average Bonchev–Trinajstić information content (AvgIpc) is 2.84. The van der Waals surface area contributed by atoms with E-state index in [-0.39, 0.29) is 35.6 Å². The molecule has 3 rings (SSSR count). The van der Waals surface area contributed by atoms with Crippen LogP contribution in [0.25, 0.3) is 0 Å². The smallest absolute Gasteiger partial charge is 0.310 e. The maximum Gasteiger partial charge on any atom is 0.310 e. The van der Waals surface area contributed by atoms with Crippen LogP contribution in [0, 0.1) is 35.0 Å². The van der Waals surface area contributed by atoms with Crippen molar-refractivity contribution in [3.63, 3.8) is 0 Å². The Kier molecular flexibility index (Phi) is 4.76. The van der Waals surface area contributed by atoms with Crippen LogP contribution in [0.3, 0.4) is 0 Å². The third-order valence-corrected chi connectivity index (χ3v) is 6.33. The lowest BCUT2D eigenvalue weighted by atomic mass is 9.75. The molecule has 5 atom stereocenters. The van der Waals surface area contributed by atoms with Crippen LogP contribution in [-0.4, -0.2) is 31.6 Å². The van der Waals surface area contributed by atoms with Gasteiger partial charge in [-0.1, -0.05) is 41.0 Å². The molecular weight excluding hydrogens is 292 g/mol. The van der Waals surface area contributed by atoms with Gasteiger partial charge in [0, 0.05) is 5.92 Å². The number of esters is 1. The topological polar surface area (TPSA) is 44.8 Å². The highest BCUT2D eigenvalue weighted by Crippen LogP contribution is 2.61. The van der Waals surface area contributed by atoms with Crippen molar-refractivity contribution >= 4 is 5.97 Å². The van der Waals surface area contributed by atoms with Crippen LogP contribution in [0.2, 0.25) is 0 Å². The molecule has 1 aliphatic heterocycles. The van der Waals surface area contributed by atoms with Crippen LogP contribution < -0.4 is 0 Å². The van der Waals surface area contributed by atoms with Crippen molar-refractivity contribution in [2.45, 2.75) is 66.3 Å². The Labute approximate surface area is 140 Å². The summed E-state index contributed by atoms with van der Waals surface area (Å²) in [5.41, 5.74) is -0.0836. The minimum Gasteiger partial charge on any atom is -0.462 e. The molecule has 0 spiro atoms. The number of hydrogen-bond donors (Lipinski definition) is 0. The predicted molar refractivity (Wildman–Crippen MR) is 87.7 cm³/mol. The monoisotopic (exact) mass is 324 g/mol. The molecule has 1 heterocycles. The summed E-state index contributed by atoms with van der Waals surface area (Å²) in [6.45, 7) is 12.3. The zero-order chi connectivity index (χ0) is 16.8. The van der Waals surface area contributed by atoms with Crippen LogP contribution in [0.4, 0.5) is 0 Å². The van der Waals surface area contributed by atoms with Gasteiger partial charge in [-0.2, -0.15) is 0 Å². The first-order valence-electron chi connectivity index (χ1n) is 9.26. The third kappa shape index (κ3) is 3.30. The highest BCUT2D eigenvalue weighted by atomic mass is 16.7. The Balaban J connectivity index is 1.63. The van der Waals surface area contributed by atoms with E-state index in [4.69, 9.17) is 14.2 Å². The van der Waals surface area contributed by atoms with E-state index in [9.17, 15) is 4.79 Å². The fourth-order valence-electron chi connectivity index (χ4n) is 4.69. The van der Waals surface area contributed by atoms with Crippen molar-refractivity contribution in [2.75, 3.05) is 13.2 Å². The van der Waals surface area contributed by atoms with Gasteiger partial charge in [0.2, 0.25) is 0 Å². The molecule has 23 heavy (non-hydrogen) atoms. The molecule has 0 bridgehead atoms. The van der Waals surface area contributed by atoms with Gasteiger partial charge >= 0.3 is 5.97 Å². The Morgan fingerprint density at radius 1 is 1.17 bits per heavy atom. The van der Waals surface area contributed by atoms with Crippen molar-refractivity contribution in [3.8, 4) is 0 Å². The molecule has 3 fully saturated rings. The van der Waals surface area contributed by atoms with Crippen LogP contribution in [0.15, 0.2) is 0 Å². The van der Waals surface area contributed by atoms with Crippen LogP contribution in [0.1, 0.15) is 53.9 Å². The first kappa shape index (κ1) is 17.2. The van der Waals surface area contributed by atoms with Crippen LogP contribution in [-0.2, 0) is 19.0 Å². The SMILES string of the molecule is CC1CCC(C(C)C)C(OC(=O)C2C(C3OCCO3)C2(C)C)C1. The lowest BCUT2D eigenvalue weighted by molar-refractivity contribution is -0.160. The highest BCUT2D eigenvalue weighted by Gasteiger charge is 2.67. The maximum absolute atomic E-state index is 12.8. The van der Waals surface area contributed by atoms with Crippen molar-refractivity contribution < 1.29 is 19.0 Å². The van der Waals surface area contributed by atoms with Gasteiger partial charge in [0.15, 0.2) is 6.29 Å². The highest BCUT2D eigenvalue weighted by molar-refractivity contribution is 5.78. The fourth-order valence-corrected chi connectivity index (χ4v) is 4.69. The summed E-state index contributed by atoms with van der Waals surface area (Å²) >= 11 is 0. The molecule has 0 aromatic heterocycles. The van der Waals surface area contributed by atoms with Gasteiger partial charge < -0.3 is 14.2 Å². The Hall–Kier alpha value is -0.610. The molecular formula is C19H32O4. The summed E-state index contributed by atoms with van der Waals surface area (Å²) in [5.74, 6) is 1.71. The zero-order valence-corrected chi connectivity index (χ0v) is 15.2. The second kappa shape index (κ2) is 6.36. The zero-order valence-electron chi connectivity index (χ0n) is 15.2. The molecule has 0 N–H and O–H groups in total. The van der Waals surface area contributed by atoms with Gasteiger partial charge in [0.25, 0.3) is 0 Å². The first-order valence-corrected chi connectivity index (χ1v) is 9.26. The minimum atomic E-state index is -0.228. The minimum absolute atomic E-state index is 0.0381. The van der Waals surface area contributed by atoms with E-state index in [0.717, 1.165) is 6.42 Å². The summed E-state index contributed by atoms with van der Waals surface area (Å²) in [5, 5.41) is 0. The molecule has 132 valence electrons. The van der Waals surface area contributed by atoms with E-state index in [1.807, 2.05) is 0 Å². The number of ether oxygens (including phenoxy) is 3. The lowest BCUT2D eigenvalue weighted by Crippen LogP contribution is -2.36.